The predicted octanol–water partition coefficient (Wildman–Crippen LogP) is 7.20. The molecule has 0 aliphatic heterocycles. The second-order valence-corrected chi connectivity index (χ2v) is 7.37. The molecular weight excluding hydrogens is 264 g/mol. The highest BCUT2D eigenvalue weighted by Crippen LogP contribution is 2.36. The molecule has 0 saturated carbocycles. The smallest absolute Gasteiger partial charge is 0.0185 e. The molecule has 0 heterocycles. The van der Waals surface area contributed by atoms with Crippen LogP contribution in [0.25, 0.3) is 0 Å². The highest BCUT2D eigenvalue weighted by Gasteiger charge is 2.26. The Hall–Kier alpha value is -1.04. The van der Waals surface area contributed by atoms with Crippen molar-refractivity contribution in [2.75, 3.05) is 0 Å². The fourth-order valence-electron chi connectivity index (χ4n) is 3.27. The minimum absolute atomic E-state index is 0.348. The molecule has 0 amide bonds. The van der Waals surface area contributed by atoms with Crippen LogP contribution in [0, 0.1) is 11.3 Å². The lowest BCUT2D eigenvalue weighted by Gasteiger charge is -2.33. The fraction of sp³-hybridized carbons (Fsp3) is 0.636. The van der Waals surface area contributed by atoms with Crippen molar-refractivity contribution in [3.05, 3.63) is 48.6 Å². The Morgan fingerprint density at radius 3 is 2.27 bits per heavy atom. The van der Waals surface area contributed by atoms with E-state index in [-0.39, 0.29) is 0 Å². The molecule has 124 valence electrons. The van der Waals surface area contributed by atoms with E-state index in [4.69, 9.17) is 0 Å². The number of allylic oxidation sites excluding steroid dienone is 1. The summed E-state index contributed by atoms with van der Waals surface area (Å²) in [5.74, 6) is 0.641. The molecule has 0 fully saturated rings. The van der Waals surface area contributed by atoms with E-state index in [1.165, 1.54) is 63.4 Å². The van der Waals surface area contributed by atoms with Gasteiger partial charge >= 0.3 is 0 Å². The van der Waals surface area contributed by atoms with Crippen molar-refractivity contribution in [3.8, 4) is 0 Å². The van der Waals surface area contributed by atoms with Crippen molar-refractivity contribution >= 4 is 0 Å². The molecule has 0 aromatic heterocycles. The molecule has 0 aliphatic rings. The average molecular weight is 301 g/mol. The maximum absolute atomic E-state index is 4.11. The normalized spacial score (nSPS) is 13.0. The van der Waals surface area contributed by atoms with E-state index in [0.717, 1.165) is 0 Å². The summed E-state index contributed by atoms with van der Waals surface area (Å²) in [4.78, 5) is 0. The number of hydrogen-bond acceptors (Lipinski definition) is 0. The minimum atomic E-state index is 0.348. The zero-order valence-corrected chi connectivity index (χ0v) is 15.1. The molecule has 0 heteroatoms. The average Bonchev–Trinajstić information content (AvgIpc) is 2.53. The Labute approximate surface area is 139 Å². The molecular formula is C22H36. The van der Waals surface area contributed by atoms with Gasteiger partial charge in [-0.3, -0.25) is 0 Å². The van der Waals surface area contributed by atoms with Gasteiger partial charge in [-0.1, -0.05) is 95.7 Å². The molecule has 0 radical (unpaired) electrons. The van der Waals surface area contributed by atoms with Crippen molar-refractivity contribution in [1.82, 2.24) is 0 Å². The van der Waals surface area contributed by atoms with Crippen molar-refractivity contribution < 1.29 is 0 Å². The molecule has 1 aromatic rings. The standard InChI is InChI=1S/C22H36/c1-5-7-8-9-10-14-17-21(6-2)22(3,4)19-18-20-15-12-11-13-16-20/h6,11-13,15-16,21H,2,5,7-10,14,17-19H2,1,3-4H3. The van der Waals surface area contributed by atoms with Crippen molar-refractivity contribution in [1.29, 1.82) is 0 Å². The maximum atomic E-state index is 4.11. The van der Waals surface area contributed by atoms with E-state index in [0.29, 0.717) is 11.3 Å². The Kier molecular flexibility index (Phi) is 9.20. The molecule has 0 aliphatic carbocycles. The van der Waals surface area contributed by atoms with Gasteiger partial charge in [-0.25, -0.2) is 0 Å². The third kappa shape index (κ3) is 7.29. The number of aryl methyl sites for hydroxylation is 1. The molecule has 0 spiro atoms. The maximum Gasteiger partial charge on any atom is -0.0185 e. The van der Waals surface area contributed by atoms with E-state index < -0.39 is 0 Å². The van der Waals surface area contributed by atoms with E-state index >= 15 is 0 Å². The van der Waals surface area contributed by atoms with Crippen LogP contribution in [0.2, 0.25) is 0 Å². The van der Waals surface area contributed by atoms with Crippen LogP contribution in [0.3, 0.4) is 0 Å². The van der Waals surface area contributed by atoms with Gasteiger partial charge in [0.15, 0.2) is 0 Å². The SMILES string of the molecule is C=CC(CCCCCCCC)C(C)(C)CCc1ccccc1. The topological polar surface area (TPSA) is 0 Å². The molecule has 1 atom stereocenters. The van der Waals surface area contributed by atoms with Crippen molar-refractivity contribution in [3.63, 3.8) is 0 Å². The summed E-state index contributed by atoms with van der Waals surface area (Å²) >= 11 is 0. The number of benzene rings is 1. The Balaban J connectivity index is 2.34. The molecule has 1 aromatic carbocycles. The first-order valence-corrected chi connectivity index (χ1v) is 9.26. The van der Waals surface area contributed by atoms with E-state index in [2.05, 4.69) is 63.8 Å². The van der Waals surface area contributed by atoms with E-state index in [1.54, 1.807) is 0 Å². The quantitative estimate of drug-likeness (QED) is 0.283. The van der Waals surface area contributed by atoms with Gasteiger partial charge in [0.05, 0.1) is 0 Å². The summed E-state index contributed by atoms with van der Waals surface area (Å²) < 4.78 is 0. The lowest BCUT2D eigenvalue weighted by molar-refractivity contribution is 0.222. The summed E-state index contributed by atoms with van der Waals surface area (Å²) in [7, 11) is 0. The summed E-state index contributed by atoms with van der Waals surface area (Å²) in [6.45, 7) is 11.2. The Morgan fingerprint density at radius 1 is 1.00 bits per heavy atom. The van der Waals surface area contributed by atoms with E-state index in [1.807, 2.05) is 0 Å². The third-order valence-corrected chi connectivity index (χ3v) is 5.06. The molecule has 0 N–H and O–H groups in total. The fourth-order valence-corrected chi connectivity index (χ4v) is 3.27. The lowest BCUT2D eigenvalue weighted by atomic mass is 9.72. The van der Waals surface area contributed by atoms with E-state index in [9.17, 15) is 0 Å². The van der Waals surface area contributed by atoms with Crippen molar-refractivity contribution in [2.24, 2.45) is 11.3 Å². The molecule has 0 bridgehead atoms. The van der Waals surface area contributed by atoms with Crippen LogP contribution in [0.4, 0.5) is 0 Å². The van der Waals surface area contributed by atoms with Gasteiger partial charge in [0.1, 0.15) is 0 Å². The number of unbranched alkanes of at least 4 members (excludes halogenated alkanes) is 5. The van der Waals surface area contributed by atoms with Crippen LogP contribution >= 0.6 is 0 Å². The third-order valence-electron chi connectivity index (χ3n) is 5.06. The second-order valence-electron chi connectivity index (χ2n) is 7.37. The minimum Gasteiger partial charge on any atom is -0.103 e. The zero-order chi connectivity index (χ0) is 16.3. The largest absolute Gasteiger partial charge is 0.103 e. The summed E-state index contributed by atoms with van der Waals surface area (Å²) in [6, 6.07) is 10.9. The van der Waals surface area contributed by atoms with Crippen LogP contribution in [-0.2, 0) is 6.42 Å². The lowest BCUT2D eigenvalue weighted by Crippen LogP contribution is -2.23. The summed E-state index contributed by atoms with van der Waals surface area (Å²) in [6.07, 6.45) is 14.2. The zero-order valence-electron chi connectivity index (χ0n) is 15.1. The first-order valence-electron chi connectivity index (χ1n) is 9.26. The van der Waals surface area contributed by atoms with Gasteiger partial charge in [0, 0.05) is 0 Å². The van der Waals surface area contributed by atoms with Crippen LogP contribution in [0.1, 0.15) is 77.7 Å². The highest BCUT2D eigenvalue weighted by atomic mass is 14.3. The second kappa shape index (κ2) is 10.6. The van der Waals surface area contributed by atoms with Crippen LogP contribution in [0.5, 0.6) is 0 Å². The monoisotopic (exact) mass is 300 g/mol. The van der Waals surface area contributed by atoms with Crippen LogP contribution in [0.15, 0.2) is 43.0 Å². The van der Waals surface area contributed by atoms with Gasteiger partial charge in [-0.05, 0) is 36.2 Å². The molecule has 1 unspecified atom stereocenters. The van der Waals surface area contributed by atoms with Crippen molar-refractivity contribution in [2.45, 2.75) is 78.6 Å². The number of rotatable bonds is 12. The first-order chi connectivity index (χ1) is 10.6. The summed E-state index contributed by atoms with van der Waals surface area (Å²) in [5.41, 5.74) is 1.80. The molecule has 0 saturated heterocycles. The van der Waals surface area contributed by atoms with Gasteiger partial charge in [0.2, 0.25) is 0 Å². The van der Waals surface area contributed by atoms with Gasteiger partial charge in [0.25, 0.3) is 0 Å². The van der Waals surface area contributed by atoms with Gasteiger partial charge < -0.3 is 0 Å². The van der Waals surface area contributed by atoms with Gasteiger partial charge in [-0.15, -0.1) is 6.58 Å². The molecule has 1 rings (SSSR count). The first kappa shape index (κ1) is 19.0. The van der Waals surface area contributed by atoms with Crippen LogP contribution in [-0.4, -0.2) is 0 Å². The molecule has 22 heavy (non-hydrogen) atoms. The Bertz CT molecular complexity index is 388. The summed E-state index contributed by atoms with van der Waals surface area (Å²) in [5, 5.41) is 0. The Morgan fingerprint density at radius 2 is 1.64 bits per heavy atom. The number of hydrogen-bond donors (Lipinski definition) is 0. The highest BCUT2D eigenvalue weighted by molar-refractivity contribution is 5.15. The predicted molar refractivity (Wildman–Crippen MR) is 100 cm³/mol. The van der Waals surface area contributed by atoms with Crippen LogP contribution < -0.4 is 0 Å². The molecule has 0 nitrogen and oxygen atoms in total. The van der Waals surface area contributed by atoms with Gasteiger partial charge in [-0.2, -0.15) is 0 Å².